The third-order valence-electron chi connectivity index (χ3n) is 3.14. The van der Waals surface area contributed by atoms with E-state index < -0.39 is 0 Å². The van der Waals surface area contributed by atoms with Crippen LogP contribution in [0.1, 0.15) is 35.9 Å². The minimum Gasteiger partial charge on any atom is -0.344 e. The molecular weight excluding hydrogens is 335 g/mol. The number of halogens is 2. The summed E-state index contributed by atoms with van der Waals surface area (Å²) in [5.74, 6) is -0.359. The van der Waals surface area contributed by atoms with Crippen molar-refractivity contribution < 1.29 is 9.18 Å². The molecule has 0 saturated carbocycles. The van der Waals surface area contributed by atoms with Gasteiger partial charge >= 0.3 is 0 Å². The number of aromatic nitrogens is 1. The van der Waals surface area contributed by atoms with E-state index in [-0.39, 0.29) is 23.7 Å². The Labute approximate surface area is 131 Å². The quantitative estimate of drug-likeness (QED) is 0.901. The second kappa shape index (κ2) is 6.80. The van der Waals surface area contributed by atoms with Crippen molar-refractivity contribution in [2.75, 3.05) is 0 Å². The van der Waals surface area contributed by atoms with Gasteiger partial charge in [0.15, 0.2) is 0 Å². The molecule has 1 aromatic heterocycles. The zero-order chi connectivity index (χ0) is 15.4. The van der Waals surface area contributed by atoms with Gasteiger partial charge in [0.1, 0.15) is 11.5 Å². The van der Waals surface area contributed by atoms with E-state index in [4.69, 9.17) is 0 Å². The highest BCUT2D eigenvalue weighted by atomic mass is 79.9. The van der Waals surface area contributed by atoms with Gasteiger partial charge in [-0.1, -0.05) is 26.0 Å². The van der Waals surface area contributed by atoms with Crippen molar-refractivity contribution in [1.82, 2.24) is 10.3 Å². The Balaban J connectivity index is 2.18. The summed E-state index contributed by atoms with van der Waals surface area (Å²) in [5.41, 5.74) is 1.22. The van der Waals surface area contributed by atoms with Crippen LogP contribution in [0.2, 0.25) is 0 Å². The molecule has 3 nitrogen and oxygen atoms in total. The van der Waals surface area contributed by atoms with Gasteiger partial charge in [-0.2, -0.15) is 0 Å². The number of carbonyl (C=O) groups is 1. The van der Waals surface area contributed by atoms with Gasteiger partial charge in [-0.25, -0.2) is 9.37 Å². The average Bonchev–Trinajstić information content (AvgIpc) is 2.46. The lowest BCUT2D eigenvalue weighted by Crippen LogP contribution is -2.32. The molecule has 2 aromatic rings. The lowest BCUT2D eigenvalue weighted by Gasteiger charge is -2.22. The maximum Gasteiger partial charge on any atom is 0.270 e. The molecule has 0 radical (unpaired) electrons. The number of nitrogens with zero attached hydrogens (tertiary/aromatic N) is 1. The van der Waals surface area contributed by atoms with Crippen molar-refractivity contribution in [2.24, 2.45) is 5.92 Å². The minimum absolute atomic E-state index is 0.176. The van der Waals surface area contributed by atoms with Crippen LogP contribution >= 0.6 is 15.9 Å². The zero-order valence-corrected chi connectivity index (χ0v) is 13.4. The van der Waals surface area contributed by atoms with Crippen LogP contribution in [0.4, 0.5) is 4.39 Å². The van der Waals surface area contributed by atoms with Crippen molar-refractivity contribution in [3.05, 3.63) is 64.1 Å². The van der Waals surface area contributed by atoms with E-state index in [0.717, 1.165) is 10.0 Å². The molecule has 0 bridgehead atoms. The summed E-state index contributed by atoms with van der Waals surface area (Å²) in [6.45, 7) is 4.01. The Bertz CT molecular complexity index is 611. The molecule has 110 valence electrons. The molecule has 1 amide bonds. The summed E-state index contributed by atoms with van der Waals surface area (Å²) in [4.78, 5) is 16.3. The van der Waals surface area contributed by atoms with Gasteiger partial charge < -0.3 is 5.32 Å². The number of hydrogen-bond donors (Lipinski definition) is 1. The smallest absolute Gasteiger partial charge is 0.270 e. The number of nitrogens with one attached hydrogen (secondary N) is 1. The summed E-state index contributed by atoms with van der Waals surface area (Å²) >= 11 is 3.28. The van der Waals surface area contributed by atoms with Crippen molar-refractivity contribution >= 4 is 21.8 Å². The van der Waals surface area contributed by atoms with Gasteiger partial charge in [0, 0.05) is 10.7 Å². The molecule has 1 atom stereocenters. The number of amides is 1. The fourth-order valence-corrected chi connectivity index (χ4v) is 2.26. The van der Waals surface area contributed by atoms with E-state index in [9.17, 15) is 9.18 Å². The van der Waals surface area contributed by atoms with E-state index in [1.807, 2.05) is 13.8 Å². The Kier molecular flexibility index (Phi) is 5.07. The first-order valence-electron chi connectivity index (χ1n) is 6.65. The summed E-state index contributed by atoms with van der Waals surface area (Å²) in [5, 5.41) is 2.95. The second-order valence-corrected chi connectivity index (χ2v) is 6.02. The number of pyridine rings is 1. The van der Waals surface area contributed by atoms with E-state index in [1.165, 1.54) is 12.1 Å². The molecule has 5 heteroatoms. The van der Waals surface area contributed by atoms with Crippen LogP contribution in [0.5, 0.6) is 0 Å². The molecule has 1 unspecified atom stereocenters. The molecule has 1 aromatic carbocycles. The van der Waals surface area contributed by atoms with Crippen LogP contribution in [0.25, 0.3) is 0 Å². The Morgan fingerprint density at radius 1 is 1.19 bits per heavy atom. The maximum atomic E-state index is 13.0. The first kappa shape index (κ1) is 15.6. The number of rotatable bonds is 4. The van der Waals surface area contributed by atoms with Gasteiger partial charge in [0.25, 0.3) is 5.91 Å². The van der Waals surface area contributed by atoms with Crippen LogP contribution in [0, 0.1) is 11.7 Å². The van der Waals surface area contributed by atoms with Crippen LogP contribution < -0.4 is 5.32 Å². The fourth-order valence-electron chi connectivity index (χ4n) is 2.03. The van der Waals surface area contributed by atoms with Gasteiger partial charge in [-0.05, 0) is 51.7 Å². The van der Waals surface area contributed by atoms with Crippen LogP contribution in [-0.4, -0.2) is 10.9 Å². The zero-order valence-electron chi connectivity index (χ0n) is 11.8. The molecule has 0 aliphatic heterocycles. The molecule has 0 saturated heterocycles. The fraction of sp³-hybridized carbons (Fsp3) is 0.250. The molecular formula is C16H16BrFN2O. The third-order valence-corrected chi connectivity index (χ3v) is 3.61. The first-order valence-corrected chi connectivity index (χ1v) is 7.44. The van der Waals surface area contributed by atoms with Gasteiger partial charge in [-0.3, -0.25) is 4.79 Å². The Hall–Kier alpha value is -1.75. The Morgan fingerprint density at radius 2 is 1.86 bits per heavy atom. The second-order valence-electron chi connectivity index (χ2n) is 5.11. The summed E-state index contributed by atoms with van der Waals surface area (Å²) in [6, 6.07) is 9.41. The van der Waals surface area contributed by atoms with Crippen molar-refractivity contribution in [3.63, 3.8) is 0 Å². The molecule has 1 heterocycles. The van der Waals surface area contributed by atoms with Crippen molar-refractivity contribution in [2.45, 2.75) is 19.9 Å². The van der Waals surface area contributed by atoms with E-state index in [1.54, 1.807) is 30.5 Å². The highest BCUT2D eigenvalue weighted by Crippen LogP contribution is 2.22. The summed E-state index contributed by atoms with van der Waals surface area (Å²) in [6.07, 6.45) is 1.58. The Morgan fingerprint density at radius 3 is 2.38 bits per heavy atom. The van der Waals surface area contributed by atoms with Gasteiger partial charge in [-0.15, -0.1) is 0 Å². The standard InChI is InChI=1S/C16H16BrFN2O/c1-10(2)15(11-3-6-13(18)7-4-11)20-16(21)14-8-5-12(17)9-19-14/h3-10,15H,1-2H3,(H,20,21). The predicted octanol–water partition coefficient (Wildman–Crippen LogP) is 4.11. The molecule has 21 heavy (non-hydrogen) atoms. The van der Waals surface area contributed by atoms with Crippen molar-refractivity contribution in [3.8, 4) is 0 Å². The minimum atomic E-state index is -0.290. The predicted molar refractivity (Wildman–Crippen MR) is 83.4 cm³/mol. The summed E-state index contributed by atoms with van der Waals surface area (Å²) < 4.78 is 13.8. The van der Waals surface area contributed by atoms with Gasteiger partial charge in [0.05, 0.1) is 6.04 Å². The monoisotopic (exact) mass is 350 g/mol. The highest BCUT2D eigenvalue weighted by molar-refractivity contribution is 9.10. The third kappa shape index (κ3) is 4.11. The van der Waals surface area contributed by atoms with E-state index in [2.05, 4.69) is 26.2 Å². The lowest BCUT2D eigenvalue weighted by molar-refractivity contribution is 0.0920. The molecule has 2 rings (SSSR count). The first-order chi connectivity index (χ1) is 9.97. The van der Waals surface area contributed by atoms with Gasteiger partial charge in [0.2, 0.25) is 0 Å². The molecule has 0 spiro atoms. The number of hydrogen-bond acceptors (Lipinski definition) is 2. The SMILES string of the molecule is CC(C)C(NC(=O)c1ccc(Br)cn1)c1ccc(F)cc1. The summed E-state index contributed by atoms with van der Waals surface area (Å²) in [7, 11) is 0. The highest BCUT2D eigenvalue weighted by Gasteiger charge is 2.19. The molecule has 0 aliphatic carbocycles. The number of carbonyl (C=O) groups excluding carboxylic acids is 1. The maximum absolute atomic E-state index is 13.0. The average molecular weight is 351 g/mol. The lowest BCUT2D eigenvalue weighted by atomic mass is 9.96. The van der Waals surface area contributed by atoms with Crippen LogP contribution in [-0.2, 0) is 0 Å². The van der Waals surface area contributed by atoms with Crippen LogP contribution in [0.3, 0.4) is 0 Å². The van der Waals surface area contributed by atoms with Crippen LogP contribution in [0.15, 0.2) is 47.1 Å². The molecule has 1 N–H and O–H groups in total. The molecule has 0 fully saturated rings. The molecule has 0 aliphatic rings. The normalized spacial score (nSPS) is 12.2. The van der Waals surface area contributed by atoms with E-state index in [0.29, 0.717) is 5.69 Å². The van der Waals surface area contributed by atoms with E-state index >= 15 is 0 Å². The largest absolute Gasteiger partial charge is 0.344 e. The number of benzene rings is 1. The van der Waals surface area contributed by atoms with Crippen molar-refractivity contribution in [1.29, 1.82) is 0 Å². The topological polar surface area (TPSA) is 42.0 Å².